The Kier molecular flexibility index (Phi) is 11.4. The van der Waals surface area contributed by atoms with E-state index in [1.165, 1.54) is 56.6 Å². The molecule has 0 radical (unpaired) electrons. The summed E-state index contributed by atoms with van der Waals surface area (Å²) in [4.78, 5) is 28.6. The van der Waals surface area contributed by atoms with Crippen LogP contribution in [0, 0.1) is 5.82 Å². The molecule has 0 aliphatic rings. The topological polar surface area (TPSA) is 114 Å². The molecule has 3 rings (SSSR count). The number of carbonyl (C=O) groups is 2. The van der Waals surface area contributed by atoms with Gasteiger partial charge in [-0.1, -0.05) is 19.1 Å². The van der Waals surface area contributed by atoms with Crippen LogP contribution in [0.25, 0.3) is 0 Å². The second-order valence-electron chi connectivity index (χ2n) is 9.97. The first-order valence-corrected chi connectivity index (χ1v) is 15.1. The van der Waals surface area contributed by atoms with Gasteiger partial charge in [-0.25, -0.2) is 12.8 Å². The molecule has 0 saturated carbocycles. The number of hydrogen-bond donors (Lipinski definition) is 1. The molecule has 0 spiro atoms. The normalized spacial score (nSPS) is 11.9. The van der Waals surface area contributed by atoms with Gasteiger partial charge in [-0.05, 0) is 74.4 Å². The van der Waals surface area contributed by atoms with Crippen molar-refractivity contribution in [2.45, 2.75) is 50.7 Å². The maximum Gasteiger partial charge on any atom is 0.264 e. The van der Waals surface area contributed by atoms with E-state index in [0.717, 1.165) is 16.4 Å². The Hall–Kier alpha value is -4.32. The molecular formula is C31H38FN3O7S. The maximum absolute atomic E-state index is 14.1. The van der Waals surface area contributed by atoms with E-state index in [2.05, 4.69) is 5.32 Å². The summed E-state index contributed by atoms with van der Waals surface area (Å²) in [6, 6.07) is 14.8. The highest BCUT2D eigenvalue weighted by atomic mass is 32.2. The van der Waals surface area contributed by atoms with E-state index in [0.29, 0.717) is 17.1 Å². The van der Waals surface area contributed by atoms with Gasteiger partial charge in [-0.15, -0.1) is 0 Å². The van der Waals surface area contributed by atoms with Crippen LogP contribution in [-0.4, -0.2) is 65.1 Å². The van der Waals surface area contributed by atoms with Crippen LogP contribution in [0.1, 0.15) is 32.8 Å². The Balaban J connectivity index is 2.11. The highest BCUT2D eigenvalue weighted by molar-refractivity contribution is 7.92. The van der Waals surface area contributed by atoms with Crippen molar-refractivity contribution in [1.29, 1.82) is 0 Å². The lowest BCUT2D eigenvalue weighted by Crippen LogP contribution is -2.53. The Bertz CT molecular complexity index is 1510. The number of benzene rings is 3. The summed E-state index contributed by atoms with van der Waals surface area (Å²) in [5, 5.41) is 2.85. The van der Waals surface area contributed by atoms with Crippen molar-refractivity contribution in [3.63, 3.8) is 0 Å². The van der Waals surface area contributed by atoms with Gasteiger partial charge in [0.2, 0.25) is 11.8 Å². The van der Waals surface area contributed by atoms with Crippen molar-refractivity contribution in [1.82, 2.24) is 10.2 Å². The number of halogens is 1. The fourth-order valence-corrected chi connectivity index (χ4v) is 5.94. The van der Waals surface area contributed by atoms with E-state index >= 15 is 0 Å². The van der Waals surface area contributed by atoms with Gasteiger partial charge in [0.25, 0.3) is 10.0 Å². The molecule has 232 valence electrons. The standard InChI is InChI=1S/C31H38FN3O7S/c1-7-27(31(37)33-21(2)3)34(19-22-9-8-10-25(17-22)40-4)30(36)20-35(24-13-11-23(32)12-14-24)43(38,39)26-15-16-28(41-5)29(18-26)42-6/h8-18,21,27H,7,19-20H2,1-6H3,(H,33,37). The van der Waals surface area contributed by atoms with Crippen LogP contribution in [0.3, 0.4) is 0 Å². The summed E-state index contributed by atoms with van der Waals surface area (Å²) in [5.41, 5.74) is 0.741. The fourth-order valence-electron chi connectivity index (χ4n) is 4.51. The summed E-state index contributed by atoms with van der Waals surface area (Å²) in [7, 11) is -0.0840. The zero-order valence-electron chi connectivity index (χ0n) is 25.2. The first-order valence-electron chi connectivity index (χ1n) is 13.7. The summed E-state index contributed by atoms with van der Waals surface area (Å²) >= 11 is 0. The third kappa shape index (κ3) is 8.16. The maximum atomic E-state index is 14.1. The van der Waals surface area contributed by atoms with Crippen LogP contribution in [0.2, 0.25) is 0 Å². The number of ether oxygens (including phenoxy) is 3. The molecule has 0 fully saturated rings. The van der Waals surface area contributed by atoms with E-state index in [1.54, 1.807) is 31.2 Å². The van der Waals surface area contributed by atoms with Crippen LogP contribution in [0.15, 0.2) is 71.6 Å². The average Bonchev–Trinajstić information content (AvgIpc) is 2.99. The van der Waals surface area contributed by atoms with Gasteiger partial charge in [0.15, 0.2) is 11.5 Å². The van der Waals surface area contributed by atoms with Crippen molar-refractivity contribution in [3.05, 3.63) is 78.1 Å². The van der Waals surface area contributed by atoms with E-state index in [9.17, 15) is 22.4 Å². The molecule has 1 atom stereocenters. The highest BCUT2D eigenvalue weighted by Crippen LogP contribution is 2.32. The Morgan fingerprint density at radius 3 is 2.16 bits per heavy atom. The monoisotopic (exact) mass is 615 g/mol. The van der Waals surface area contributed by atoms with E-state index in [-0.39, 0.29) is 41.2 Å². The number of hydrogen-bond acceptors (Lipinski definition) is 7. The number of nitrogens with one attached hydrogen (secondary N) is 1. The van der Waals surface area contributed by atoms with Crippen LogP contribution in [-0.2, 0) is 26.2 Å². The fraction of sp³-hybridized carbons (Fsp3) is 0.355. The van der Waals surface area contributed by atoms with Crippen LogP contribution in [0.4, 0.5) is 10.1 Å². The second-order valence-corrected chi connectivity index (χ2v) is 11.8. The van der Waals surface area contributed by atoms with Crippen molar-refractivity contribution in [3.8, 4) is 17.2 Å². The van der Waals surface area contributed by atoms with Gasteiger partial charge >= 0.3 is 0 Å². The van der Waals surface area contributed by atoms with Crippen LogP contribution in [0.5, 0.6) is 17.2 Å². The van der Waals surface area contributed by atoms with Crippen molar-refractivity contribution in [2.24, 2.45) is 0 Å². The summed E-state index contributed by atoms with van der Waals surface area (Å²) < 4.78 is 58.8. The predicted molar refractivity (Wildman–Crippen MR) is 161 cm³/mol. The number of rotatable bonds is 14. The lowest BCUT2D eigenvalue weighted by atomic mass is 10.1. The molecule has 0 aliphatic heterocycles. The minimum Gasteiger partial charge on any atom is -0.497 e. The molecule has 1 N–H and O–H groups in total. The first-order chi connectivity index (χ1) is 20.4. The molecule has 43 heavy (non-hydrogen) atoms. The molecule has 0 aromatic heterocycles. The van der Waals surface area contributed by atoms with Gasteiger partial charge in [-0.2, -0.15) is 0 Å². The van der Waals surface area contributed by atoms with Crippen molar-refractivity contribution in [2.75, 3.05) is 32.2 Å². The van der Waals surface area contributed by atoms with Gasteiger partial charge < -0.3 is 24.4 Å². The zero-order chi connectivity index (χ0) is 31.7. The molecule has 3 aromatic carbocycles. The first kappa shape index (κ1) is 33.2. The molecule has 0 aliphatic carbocycles. The molecule has 0 heterocycles. The largest absolute Gasteiger partial charge is 0.497 e. The third-order valence-corrected chi connectivity index (χ3v) is 8.41. The molecule has 1 unspecified atom stereocenters. The van der Waals surface area contributed by atoms with Gasteiger partial charge in [0.1, 0.15) is 24.2 Å². The summed E-state index contributed by atoms with van der Waals surface area (Å²) in [6.07, 6.45) is 0.271. The Morgan fingerprint density at radius 1 is 0.907 bits per heavy atom. The number of methoxy groups -OCH3 is 3. The second kappa shape index (κ2) is 14.7. The average molecular weight is 616 g/mol. The van der Waals surface area contributed by atoms with Crippen LogP contribution < -0.4 is 23.8 Å². The van der Waals surface area contributed by atoms with Crippen molar-refractivity contribution >= 4 is 27.5 Å². The zero-order valence-corrected chi connectivity index (χ0v) is 26.0. The smallest absolute Gasteiger partial charge is 0.264 e. The van der Waals surface area contributed by atoms with Gasteiger partial charge in [0, 0.05) is 18.7 Å². The number of amides is 2. The quantitative estimate of drug-likeness (QED) is 0.286. The van der Waals surface area contributed by atoms with E-state index < -0.39 is 34.3 Å². The summed E-state index contributed by atoms with van der Waals surface area (Å²) in [6.45, 7) is 4.73. The van der Waals surface area contributed by atoms with Gasteiger partial charge in [0.05, 0.1) is 31.9 Å². The van der Waals surface area contributed by atoms with E-state index in [4.69, 9.17) is 14.2 Å². The number of sulfonamides is 1. The Labute approximate surface area is 252 Å². The SMILES string of the molecule is CCC(C(=O)NC(C)C)N(Cc1cccc(OC)c1)C(=O)CN(c1ccc(F)cc1)S(=O)(=O)c1ccc(OC)c(OC)c1. The Morgan fingerprint density at radius 2 is 1.58 bits per heavy atom. The minimum atomic E-state index is -4.40. The molecule has 10 nitrogen and oxygen atoms in total. The minimum absolute atomic E-state index is 0.00766. The molecule has 2 amide bonds. The third-order valence-electron chi connectivity index (χ3n) is 6.64. The van der Waals surface area contributed by atoms with Crippen LogP contribution >= 0.6 is 0 Å². The lowest BCUT2D eigenvalue weighted by molar-refractivity contribution is -0.140. The lowest BCUT2D eigenvalue weighted by Gasteiger charge is -2.33. The molecule has 12 heteroatoms. The summed E-state index contributed by atoms with van der Waals surface area (Å²) in [5.74, 6) is -0.530. The van der Waals surface area contributed by atoms with Crippen molar-refractivity contribution < 1.29 is 36.6 Å². The molecule has 3 aromatic rings. The number of anilines is 1. The number of carbonyl (C=O) groups excluding carboxylic acids is 2. The molecular weight excluding hydrogens is 577 g/mol. The highest BCUT2D eigenvalue weighted by Gasteiger charge is 2.34. The van der Waals surface area contributed by atoms with Gasteiger partial charge in [-0.3, -0.25) is 13.9 Å². The predicted octanol–water partition coefficient (Wildman–Crippen LogP) is 4.38. The molecule has 0 saturated heterocycles. The molecule has 0 bridgehead atoms. The number of nitrogens with zero attached hydrogens (tertiary/aromatic N) is 2. The van der Waals surface area contributed by atoms with E-state index in [1.807, 2.05) is 13.8 Å².